The predicted octanol–water partition coefficient (Wildman–Crippen LogP) is 24.6. The number of allylic oxidation sites excluding steroid dienone is 20. The Hall–Kier alpha value is -3.59. The van der Waals surface area contributed by atoms with E-state index in [-0.39, 0.29) is 32.0 Å². The summed E-state index contributed by atoms with van der Waals surface area (Å²) in [5.74, 6) is -0.794. The van der Waals surface area contributed by atoms with Crippen molar-refractivity contribution in [2.75, 3.05) is 47.5 Å². The first-order chi connectivity index (χ1) is 44.0. The van der Waals surface area contributed by atoms with Crippen LogP contribution in [0.3, 0.4) is 0 Å². The van der Waals surface area contributed by atoms with E-state index in [4.69, 9.17) is 18.5 Å². The fourth-order valence-corrected chi connectivity index (χ4v) is 11.1. The lowest BCUT2D eigenvalue weighted by molar-refractivity contribution is -0.870. The fourth-order valence-electron chi connectivity index (χ4n) is 10.3. The maximum atomic E-state index is 12.9. The van der Waals surface area contributed by atoms with Crippen molar-refractivity contribution in [3.8, 4) is 0 Å². The Morgan fingerprint density at radius 1 is 0.356 bits per heavy atom. The number of ether oxygens (including phenoxy) is 2. The SMILES string of the molecule is CC/C=C\C/C=C\C/C=C\C/C=C\C/C=C\C/C=C\C/C=C\C/C=C\C/C=C\C/C=C\CCCCCCCCCCCCC(=O)OC(COC(=O)CCCCCCCCCCCCCCCCCCCCCCCCCCC)COP(=O)(O)OCC[N+](C)(C)C. The molecule has 0 aromatic rings. The molecule has 0 saturated heterocycles. The second-order valence-corrected chi connectivity index (χ2v) is 27.4. The number of carbonyl (C=O) groups excluding carboxylic acids is 2. The maximum Gasteiger partial charge on any atom is 0.472 e. The van der Waals surface area contributed by atoms with Crippen molar-refractivity contribution in [2.45, 2.75) is 328 Å². The van der Waals surface area contributed by atoms with Crippen LogP contribution < -0.4 is 0 Å². The molecule has 10 heteroatoms. The normalized spacial score (nSPS) is 13.8. The second kappa shape index (κ2) is 69.7. The van der Waals surface area contributed by atoms with E-state index in [0.717, 1.165) is 109 Å². The number of hydrogen-bond donors (Lipinski definition) is 1. The zero-order chi connectivity index (χ0) is 65.5. The molecule has 0 aromatic heterocycles. The van der Waals surface area contributed by atoms with Gasteiger partial charge in [0.25, 0.3) is 0 Å². The third kappa shape index (κ3) is 73.5. The van der Waals surface area contributed by atoms with Crippen LogP contribution in [0, 0.1) is 0 Å². The molecule has 0 radical (unpaired) electrons. The van der Waals surface area contributed by atoms with E-state index < -0.39 is 26.5 Å². The minimum Gasteiger partial charge on any atom is -0.462 e. The number of rotatable bonds is 68. The van der Waals surface area contributed by atoms with Crippen LogP contribution in [0.5, 0.6) is 0 Å². The average molecular weight is 1280 g/mol. The van der Waals surface area contributed by atoms with E-state index in [1.807, 2.05) is 21.1 Å². The Morgan fingerprint density at radius 3 is 0.944 bits per heavy atom. The van der Waals surface area contributed by atoms with Gasteiger partial charge in [0.05, 0.1) is 27.7 Å². The van der Waals surface area contributed by atoms with Crippen LogP contribution in [-0.4, -0.2) is 74.9 Å². The fraction of sp³-hybridized carbons (Fsp3) is 0.725. The largest absolute Gasteiger partial charge is 0.472 e. The molecule has 2 atom stereocenters. The highest BCUT2D eigenvalue weighted by atomic mass is 31.2. The number of hydrogen-bond acceptors (Lipinski definition) is 7. The second-order valence-electron chi connectivity index (χ2n) is 26.0. The molecule has 9 nitrogen and oxygen atoms in total. The molecule has 0 rings (SSSR count). The summed E-state index contributed by atoms with van der Waals surface area (Å²) in [5.41, 5.74) is 0. The summed E-state index contributed by atoms with van der Waals surface area (Å²) in [4.78, 5) is 35.9. The molecule has 0 aromatic carbocycles. The molecule has 0 saturated carbocycles. The number of phosphoric ester groups is 1. The highest BCUT2D eigenvalue weighted by molar-refractivity contribution is 7.47. The summed E-state index contributed by atoms with van der Waals surface area (Å²) in [5, 5.41) is 0. The van der Waals surface area contributed by atoms with Gasteiger partial charge in [-0.2, -0.15) is 0 Å². The van der Waals surface area contributed by atoms with Crippen molar-refractivity contribution >= 4 is 19.8 Å². The van der Waals surface area contributed by atoms with E-state index in [1.54, 1.807) is 0 Å². The van der Waals surface area contributed by atoms with Gasteiger partial charge in [0.15, 0.2) is 6.10 Å². The summed E-state index contributed by atoms with van der Waals surface area (Å²) in [6.45, 7) is 4.35. The summed E-state index contributed by atoms with van der Waals surface area (Å²) in [6, 6.07) is 0. The quantitative estimate of drug-likeness (QED) is 0.0211. The number of carbonyl (C=O) groups is 2. The minimum atomic E-state index is -4.40. The van der Waals surface area contributed by atoms with Crippen LogP contribution >= 0.6 is 7.82 Å². The first kappa shape index (κ1) is 86.4. The molecule has 0 fully saturated rings. The number of unbranched alkanes of at least 4 members (excludes halogenated alkanes) is 34. The molecule has 0 spiro atoms. The zero-order valence-corrected chi connectivity index (χ0v) is 60.0. The topological polar surface area (TPSA) is 108 Å². The number of esters is 2. The summed E-state index contributed by atoms with van der Waals surface area (Å²) < 4.78 is 34.8. The first-order valence-corrected chi connectivity index (χ1v) is 38.8. The summed E-state index contributed by atoms with van der Waals surface area (Å²) in [7, 11) is 1.47. The van der Waals surface area contributed by atoms with Gasteiger partial charge in [-0.1, -0.05) is 341 Å². The number of likely N-dealkylation sites (N-methyl/N-ethyl adjacent to an activating group) is 1. The molecule has 1 N–H and O–H groups in total. The van der Waals surface area contributed by atoms with Gasteiger partial charge in [-0.05, 0) is 89.9 Å². The van der Waals surface area contributed by atoms with E-state index >= 15 is 0 Å². The van der Waals surface area contributed by atoms with Gasteiger partial charge >= 0.3 is 19.8 Å². The van der Waals surface area contributed by atoms with Crippen molar-refractivity contribution in [3.05, 3.63) is 122 Å². The van der Waals surface area contributed by atoms with E-state index in [9.17, 15) is 19.0 Å². The first-order valence-electron chi connectivity index (χ1n) is 37.3. The Bertz CT molecular complexity index is 1940. The van der Waals surface area contributed by atoms with E-state index in [1.165, 1.54) is 180 Å². The highest BCUT2D eigenvalue weighted by Gasteiger charge is 2.27. The van der Waals surface area contributed by atoms with Crippen LogP contribution in [0.15, 0.2) is 122 Å². The Balaban J connectivity index is 4.05. The van der Waals surface area contributed by atoms with Crippen molar-refractivity contribution in [3.63, 3.8) is 0 Å². The monoisotopic (exact) mass is 1280 g/mol. The molecule has 0 bridgehead atoms. The number of nitrogens with zero attached hydrogens (tertiary/aromatic N) is 1. The van der Waals surface area contributed by atoms with Crippen LogP contribution in [0.4, 0.5) is 0 Å². The van der Waals surface area contributed by atoms with Crippen LogP contribution in [-0.2, 0) is 32.7 Å². The van der Waals surface area contributed by atoms with Gasteiger partial charge in [-0.3, -0.25) is 18.6 Å². The van der Waals surface area contributed by atoms with Crippen LogP contribution in [0.1, 0.15) is 322 Å². The van der Waals surface area contributed by atoms with E-state index in [2.05, 4.69) is 135 Å². The van der Waals surface area contributed by atoms with E-state index in [0.29, 0.717) is 17.4 Å². The summed E-state index contributed by atoms with van der Waals surface area (Å²) >= 11 is 0. The van der Waals surface area contributed by atoms with Crippen LogP contribution in [0.25, 0.3) is 0 Å². The zero-order valence-electron chi connectivity index (χ0n) is 59.1. The summed E-state index contributed by atoms with van der Waals surface area (Å²) in [6.07, 6.45) is 100. The van der Waals surface area contributed by atoms with Gasteiger partial charge in [-0.15, -0.1) is 0 Å². The Labute approximate surface area is 556 Å². The molecular weight excluding hydrogens is 1130 g/mol. The minimum absolute atomic E-state index is 0.0279. The van der Waals surface area contributed by atoms with Gasteiger partial charge < -0.3 is 18.9 Å². The lowest BCUT2D eigenvalue weighted by Crippen LogP contribution is -2.37. The number of phosphoric acid groups is 1. The van der Waals surface area contributed by atoms with Gasteiger partial charge in [0.1, 0.15) is 19.8 Å². The molecule has 90 heavy (non-hydrogen) atoms. The molecule has 0 heterocycles. The predicted molar refractivity (Wildman–Crippen MR) is 390 cm³/mol. The molecule has 2 unspecified atom stereocenters. The third-order valence-corrected chi connectivity index (χ3v) is 17.0. The highest BCUT2D eigenvalue weighted by Crippen LogP contribution is 2.43. The van der Waals surface area contributed by atoms with Crippen molar-refractivity contribution < 1.29 is 42.1 Å². The smallest absolute Gasteiger partial charge is 0.462 e. The van der Waals surface area contributed by atoms with Crippen LogP contribution in [0.2, 0.25) is 0 Å². The standard InChI is InChI=1S/C80H140NO8P/c1-6-8-10-12-14-16-18-20-22-24-26-28-30-32-33-34-35-36-37-38-39-40-41-42-43-44-45-46-47-49-51-53-55-57-59-61-63-65-67-69-71-73-80(83)89-78(77-88-90(84,85)87-75-74-81(3,4)5)76-86-79(82)72-70-68-66-64-62-60-58-56-54-52-50-48-31-29-27-25-23-21-19-17-15-13-11-9-7-2/h8,10,14,16,20,22,26,28,32-33,35-36,38-39,41-42,44-45,47,49,78H,6-7,9,11-13,15,17-19,21,23-25,27,29-31,34,37,40,43,46,48,50-77H2,1-5H3/p+1/b10-8-,16-14-,22-20-,28-26-,33-32-,36-35-,39-38-,42-41-,45-44-,49-47-. The molecule has 0 aliphatic heterocycles. The lowest BCUT2D eigenvalue weighted by atomic mass is 10.0. The van der Waals surface area contributed by atoms with Gasteiger partial charge in [0, 0.05) is 12.8 Å². The Morgan fingerprint density at radius 2 is 0.633 bits per heavy atom. The van der Waals surface area contributed by atoms with Crippen molar-refractivity contribution in [1.82, 2.24) is 0 Å². The molecular formula is C80H141NO8P+. The number of quaternary nitrogens is 1. The Kier molecular flexibility index (Phi) is 67.0. The molecule has 0 aliphatic rings. The maximum absolute atomic E-state index is 12.9. The molecule has 0 aliphatic carbocycles. The molecule has 518 valence electrons. The lowest BCUT2D eigenvalue weighted by Gasteiger charge is -2.24. The van der Waals surface area contributed by atoms with Gasteiger partial charge in [-0.25, -0.2) is 4.57 Å². The van der Waals surface area contributed by atoms with Gasteiger partial charge in [0.2, 0.25) is 0 Å². The van der Waals surface area contributed by atoms with Crippen molar-refractivity contribution in [1.29, 1.82) is 0 Å². The molecule has 0 amide bonds. The third-order valence-electron chi connectivity index (χ3n) is 16.0. The average Bonchev–Trinajstić information content (AvgIpc) is 3.62. The van der Waals surface area contributed by atoms with Crippen molar-refractivity contribution in [2.24, 2.45) is 0 Å².